The number of carbonyl (C=O) groups is 1. The number of rotatable bonds is 9. The fourth-order valence-corrected chi connectivity index (χ4v) is 3.93. The third-order valence-corrected chi connectivity index (χ3v) is 5.69. The maximum atomic E-state index is 12.9. The first-order valence-corrected chi connectivity index (χ1v) is 10.0. The number of amides is 1. The van der Waals surface area contributed by atoms with Crippen LogP contribution in [0.5, 0.6) is 0 Å². The molecule has 144 valence electrons. The van der Waals surface area contributed by atoms with Gasteiger partial charge in [-0.2, -0.15) is 4.31 Å². The topological polar surface area (TPSA) is 78.5 Å². The first-order valence-electron chi connectivity index (χ1n) is 8.60. The van der Waals surface area contributed by atoms with Crippen LogP contribution in [0.3, 0.4) is 0 Å². The van der Waals surface area contributed by atoms with Crippen molar-refractivity contribution in [3.8, 4) is 0 Å². The second-order valence-corrected chi connectivity index (χ2v) is 8.29. The zero-order valence-corrected chi connectivity index (χ0v) is 16.4. The number of hydrazine groups is 1. The summed E-state index contributed by atoms with van der Waals surface area (Å²) in [7, 11) is -3.65. The van der Waals surface area contributed by atoms with Gasteiger partial charge in [0.05, 0.1) is 4.90 Å². The van der Waals surface area contributed by atoms with Gasteiger partial charge in [0.15, 0.2) is 0 Å². The molecule has 1 amide bonds. The average Bonchev–Trinajstić information content (AvgIpc) is 2.64. The van der Waals surface area contributed by atoms with Gasteiger partial charge in [-0.15, -0.1) is 0 Å². The molecule has 2 N–H and O–H groups in total. The van der Waals surface area contributed by atoms with Crippen LogP contribution < -0.4 is 10.9 Å². The molecule has 7 heteroatoms. The first-order chi connectivity index (χ1) is 12.8. The van der Waals surface area contributed by atoms with Crippen molar-refractivity contribution in [3.63, 3.8) is 0 Å². The Balaban J connectivity index is 1.99. The molecule has 0 aromatic heterocycles. The van der Waals surface area contributed by atoms with Gasteiger partial charge in [0.25, 0.3) is 5.91 Å². The highest BCUT2D eigenvalue weighted by Crippen LogP contribution is 2.17. The van der Waals surface area contributed by atoms with E-state index < -0.39 is 10.0 Å². The standard InChI is InChI=1S/C20H25N3O3S/c1-16(2)15-23(27(25,26)19-11-9-17(3)10-12-19)14-13-21-22-20(24)18-7-5-4-6-8-18/h4-12,21H,1,13-15H2,2-3H3,(H,22,24). The monoisotopic (exact) mass is 387 g/mol. The van der Waals surface area contributed by atoms with Gasteiger partial charge in [0.2, 0.25) is 10.0 Å². The van der Waals surface area contributed by atoms with Gasteiger partial charge < -0.3 is 0 Å². The van der Waals surface area contributed by atoms with Crippen molar-refractivity contribution >= 4 is 15.9 Å². The smallest absolute Gasteiger partial charge is 0.265 e. The molecule has 2 aromatic rings. The van der Waals surface area contributed by atoms with Gasteiger partial charge in [0, 0.05) is 25.2 Å². The van der Waals surface area contributed by atoms with E-state index in [0.717, 1.165) is 11.1 Å². The molecular formula is C20H25N3O3S. The molecule has 6 nitrogen and oxygen atoms in total. The molecular weight excluding hydrogens is 362 g/mol. The number of benzene rings is 2. The maximum Gasteiger partial charge on any atom is 0.265 e. The molecule has 0 saturated heterocycles. The SMILES string of the molecule is C=C(C)CN(CCNNC(=O)c1ccccc1)S(=O)(=O)c1ccc(C)cc1. The zero-order valence-electron chi connectivity index (χ0n) is 15.6. The van der Waals surface area contributed by atoms with E-state index in [4.69, 9.17) is 0 Å². The number of aryl methyl sites for hydroxylation is 1. The van der Waals surface area contributed by atoms with Gasteiger partial charge in [-0.25, -0.2) is 13.8 Å². The first kappa shape index (κ1) is 20.8. The Morgan fingerprint density at radius 1 is 1.07 bits per heavy atom. The molecule has 0 atom stereocenters. The van der Waals surface area contributed by atoms with E-state index in [0.29, 0.717) is 5.56 Å². The molecule has 27 heavy (non-hydrogen) atoms. The summed E-state index contributed by atoms with van der Waals surface area (Å²) >= 11 is 0. The van der Waals surface area contributed by atoms with Crippen LogP contribution in [0.15, 0.2) is 71.6 Å². The number of hydrogen-bond donors (Lipinski definition) is 2. The summed E-state index contributed by atoms with van der Waals surface area (Å²) in [5.74, 6) is -0.275. The number of hydrogen-bond acceptors (Lipinski definition) is 4. The van der Waals surface area contributed by atoms with Gasteiger partial charge >= 0.3 is 0 Å². The van der Waals surface area contributed by atoms with Gasteiger partial charge in [-0.3, -0.25) is 10.2 Å². The van der Waals surface area contributed by atoms with E-state index in [1.165, 1.54) is 4.31 Å². The highest BCUT2D eigenvalue weighted by Gasteiger charge is 2.24. The van der Waals surface area contributed by atoms with Crippen LogP contribution in [0, 0.1) is 6.92 Å². The molecule has 0 aliphatic heterocycles. The summed E-state index contributed by atoms with van der Waals surface area (Å²) in [4.78, 5) is 12.2. The minimum absolute atomic E-state index is 0.193. The molecule has 2 aromatic carbocycles. The molecule has 0 aliphatic rings. The van der Waals surface area contributed by atoms with Crippen LogP contribution in [0.25, 0.3) is 0 Å². The highest BCUT2D eigenvalue weighted by atomic mass is 32.2. The molecule has 2 rings (SSSR count). The maximum absolute atomic E-state index is 12.9. The van der Waals surface area contributed by atoms with E-state index in [2.05, 4.69) is 17.4 Å². The van der Waals surface area contributed by atoms with Crippen molar-refractivity contribution in [2.24, 2.45) is 0 Å². The molecule has 0 saturated carbocycles. The lowest BCUT2D eigenvalue weighted by molar-refractivity contribution is 0.0933. The molecule has 0 heterocycles. The molecule has 0 unspecified atom stereocenters. The molecule has 0 fully saturated rings. The minimum atomic E-state index is -3.65. The van der Waals surface area contributed by atoms with Crippen molar-refractivity contribution < 1.29 is 13.2 Å². The van der Waals surface area contributed by atoms with E-state index >= 15 is 0 Å². The van der Waals surface area contributed by atoms with E-state index in [1.807, 2.05) is 13.0 Å². The largest absolute Gasteiger partial charge is 0.287 e. The lowest BCUT2D eigenvalue weighted by Gasteiger charge is -2.22. The van der Waals surface area contributed by atoms with E-state index in [9.17, 15) is 13.2 Å². The third kappa shape index (κ3) is 6.02. The van der Waals surface area contributed by atoms with Crippen molar-refractivity contribution in [2.45, 2.75) is 18.7 Å². The number of nitrogens with one attached hydrogen (secondary N) is 2. The normalized spacial score (nSPS) is 11.4. The Bertz CT molecular complexity index is 878. The van der Waals surface area contributed by atoms with E-state index in [1.54, 1.807) is 55.5 Å². The number of carbonyl (C=O) groups excluding carboxylic acids is 1. The second kappa shape index (κ2) is 9.45. The average molecular weight is 388 g/mol. The van der Waals surface area contributed by atoms with Gasteiger partial charge in [-0.1, -0.05) is 48.0 Å². The van der Waals surface area contributed by atoms with Crippen LogP contribution in [-0.2, 0) is 10.0 Å². The summed E-state index contributed by atoms with van der Waals surface area (Å²) in [5, 5.41) is 0. The predicted molar refractivity (Wildman–Crippen MR) is 107 cm³/mol. The van der Waals surface area contributed by atoms with Crippen LogP contribution in [0.1, 0.15) is 22.8 Å². The molecule has 0 radical (unpaired) electrons. The summed E-state index contributed by atoms with van der Waals surface area (Å²) in [6.07, 6.45) is 0. The van der Waals surface area contributed by atoms with Crippen molar-refractivity contribution in [1.29, 1.82) is 0 Å². The van der Waals surface area contributed by atoms with Crippen LogP contribution in [0.4, 0.5) is 0 Å². The fourth-order valence-electron chi connectivity index (χ4n) is 2.43. The Morgan fingerprint density at radius 2 is 1.70 bits per heavy atom. The lowest BCUT2D eigenvalue weighted by Crippen LogP contribution is -2.44. The summed E-state index contributed by atoms with van der Waals surface area (Å²) in [6.45, 7) is 8.17. The minimum Gasteiger partial charge on any atom is -0.287 e. The van der Waals surface area contributed by atoms with Gasteiger partial charge in [-0.05, 0) is 38.1 Å². The summed E-state index contributed by atoms with van der Waals surface area (Å²) < 4.78 is 27.1. The van der Waals surface area contributed by atoms with Crippen molar-refractivity contribution in [2.75, 3.05) is 19.6 Å². The Kier molecular flexibility index (Phi) is 7.29. The van der Waals surface area contributed by atoms with E-state index in [-0.39, 0.29) is 30.4 Å². The van der Waals surface area contributed by atoms with Gasteiger partial charge in [0.1, 0.15) is 0 Å². The zero-order chi connectivity index (χ0) is 19.9. The third-order valence-electron chi connectivity index (χ3n) is 3.83. The molecule has 0 aliphatic carbocycles. The van der Waals surface area contributed by atoms with Crippen LogP contribution in [0.2, 0.25) is 0 Å². The lowest BCUT2D eigenvalue weighted by atomic mass is 10.2. The molecule has 0 spiro atoms. The number of nitrogens with zero attached hydrogens (tertiary/aromatic N) is 1. The Labute approximate surface area is 160 Å². The Hall–Kier alpha value is -2.48. The highest BCUT2D eigenvalue weighted by molar-refractivity contribution is 7.89. The predicted octanol–water partition coefficient (Wildman–Crippen LogP) is 2.50. The van der Waals surface area contributed by atoms with Crippen molar-refractivity contribution in [3.05, 3.63) is 77.9 Å². The molecule has 0 bridgehead atoms. The summed E-state index contributed by atoms with van der Waals surface area (Å²) in [6, 6.07) is 15.5. The summed E-state index contributed by atoms with van der Waals surface area (Å²) in [5.41, 5.74) is 7.61. The van der Waals surface area contributed by atoms with Crippen LogP contribution >= 0.6 is 0 Å². The quantitative estimate of drug-likeness (QED) is 0.394. The van der Waals surface area contributed by atoms with Crippen LogP contribution in [-0.4, -0.2) is 38.3 Å². The second-order valence-electron chi connectivity index (χ2n) is 6.36. The fraction of sp³-hybridized carbons (Fsp3) is 0.250. The number of sulfonamides is 1. The Morgan fingerprint density at radius 3 is 2.30 bits per heavy atom. The van der Waals surface area contributed by atoms with Crippen molar-refractivity contribution in [1.82, 2.24) is 15.2 Å².